The summed E-state index contributed by atoms with van der Waals surface area (Å²) in [6.45, 7) is 0. The highest BCUT2D eigenvalue weighted by Gasteiger charge is 2.43. The van der Waals surface area contributed by atoms with Crippen molar-refractivity contribution in [1.82, 2.24) is 0 Å². The highest BCUT2D eigenvalue weighted by atomic mass is 35.5. The van der Waals surface area contributed by atoms with Gasteiger partial charge in [-0.1, -0.05) is 17.7 Å². The Morgan fingerprint density at radius 3 is 2.47 bits per heavy atom. The van der Waals surface area contributed by atoms with Gasteiger partial charge < -0.3 is 4.42 Å². The number of hydrogen-bond donors (Lipinski definition) is 0. The third-order valence-corrected chi connectivity index (χ3v) is 5.57. The maximum Gasteiger partial charge on any atom is 0.295 e. The summed E-state index contributed by atoms with van der Waals surface area (Å²) in [5.41, 5.74) is 0.278. The quantitative estimate of drug-likeness (QED) is 0.314. The molecule has 1 unspecified atom stereocenters. The highest BCUT2D eigenvalue weighted by molar-refractivity contribution is 6.31. The summed E-state index contributed by atoms with van der Waals surface area (Å²) in [5, 5.41) is 11.4. The Morgan fingerprint density at radius 1 is 1.03 bits per heavy atom. The summed E-state index contributed by atoms with van der Waals surface area (Å²) in [4.78, 5) is 38.6. The largest absolute Gasteiger partial charge is 0.450 e. The first-order valence-corrected chi connectivity index (χ1v) is 9.82. The van der Waals surface area contributed by atoms with Gasteiger partial charge in [-0.05, 0) is 54.1 Å². The Kier molecular flexibility index (Phi) is 4.53. The molecular formula is C23H12ClFN2O5. The molecule has 0 fully saturated rings. The molecule has 0 saturated heterocycles. The third-order valence-electron chi connectivity index (χ3n) is 5.34. The van der Waals surface area contributed by atoms with E-state index in [2.05, 4.69) is 0 Å². The van der Waals surface area contributed by atoms with Crippen LogP contribution in [0.25, 0.3) is 11.0 Å². The molecule has 1 aromatic heterocycles. The van der Waals surface area contributed by atoms with Crippen LogP contribution in [0, 0.1) is 15.9 Å². The number of fused-ring (bicyclic) bond motifs is 2. The minimum atomic E-state index is -0.944. The molecule has 0 bridgehead atoms. The molecule has 0 saturated carbocycles. The third kappa shape index (κ3) is 3.04. The number of carbonyl (C=O) groups excluding carboxylic acids is 1. The maximum atomic E-state index is 13.8. The van der Waals surface area contributed by atoms with Gasteiger partial charge in [0.2, 0.25) is 5.76 Å². The molecule has 32 heavy (non-hydrogen) atoms. The normalized spacial score (nSPS) is 15.2. The number of benzene rings is 3. The van der Waals surface area contributed by atoms with Crippen LogP contribution in [0.5, 0.6) is 0 Å². The molecule has 0 spiro atoms. The lowest BCUT2D eigenvalue weighted by atomic mass is 9.98. The molecule has 9 heteroatoms. The van der Waals surface area contributed by atoms with E-state index in [-0.39, 0.29) is 28.0 Å². The van der Waals surface area contributed by atoms with Crippen LogP contribution in [0.15, 0.2) is 75.9 Å². The minimum Gasteiger partial charge on any atom is -0.450 e. The molecule has 5 rings (SSSR count). The van der Waals surface area contributed by atoms with Gasteiger partial charge in [-0.3, -0.25) is 24.6 Å². The molecule has 3 aromatic carbocycles. The van der Waals surface area contributed by atoms with Gasteiger partial charge in [0.1, 0.15) is 11.4 Å². The number of nitro benzene ring substituents is 1. The van der Waals surface area contributed by atoms with Crippen LogP contribution in [0.3, 0.4) is 0 Å². The van der Waals surface area contributed by atoms with E-state index < -0.39 is 28.1 Å². The van der Waals surface area contributed by atoms with Crippen molar-refractivity contribution in [2.45, 2.75) is 6.04 Å². The van der Waals surface area contributed by atoms with E-state index in [1.807, 2.05) is 0 Å². The zero-order valence-electron chi connectivity index (χ0n) is 16.1. The lowest BCUT2D eigenvalue weighted by Crippen LogP contribution is -2.29. The number of rotatable bonds is 3. The smallest absolute Gasteiger partial charge is 0.295 e. The Bertz CT molecular complexity index is 1480. The first-order chi connectivity index (χ1) is 15.3. The molecule has 7 nitrogen and oxygen atoms in total. The van der Waals surface area contributed by atoms with Crippen molar-refractivity contribution in [3.63, 3.8) is 0 Å². The van der Waals surface area contributed by atoms with Crippen molar-refractivity contribution in [2.75, 3.05) is 4.90 Å². The first-order valence-electron chi connectivity index (χ1n) is 9.45. The number of amides is 1. The van der Waals surface area contributed by atoms with Crippen LogP contribution in [0.1, 0.15) is 27.7 Å². The number of nitro groups is 1. The zero-order chi connectivity index (χ0) is 22.6. The second-order valence-electron chi connectivity index (χ2n) is 7.22. The monoisotopic (exact) mass is 450 g/mol. The first kappa shape index (κ1) is 19.9. The summed E-state index contributed by atoms with van der Waals surface area (Å²) >= 11 is 6.13. The van der Waals surface area contributed by atoms with Crippen molar-refractivity contribution < 1.29 is 18.5 Å². The number of nitrogens with zero attached hydrogens (tertiary/aromatic N) is 2. The van der Waals surface area contributed by atoms with E-state index in [4.69, 9.17) is 16.0 Å². The van der Waals surface area contributed by atoms with Gasteiger partial charge in [0.15, 0.2) is 5.43 Å². The van der Waals surface area contributed by atoms with Crippen molar-refractivity contribution >= 4 is 39.9 Å². The maximum absolute atomic E-state index is 13.8. The number of hydrogen-bond acceptors (Lipinski definition) is 5. The Morgan fingerprint density at radius 2 is 1.78 bits per heavy atom. The van der Waals surface area contributed by atoms with E-state index in [1.54, 1.807) is 24.3 Å². The molecule has 1 amide bonds. The summed E-state index contributed by atoms with van der Waals surface area (Å²) in [6.07, 6.45) is 0. The second kappa shape index (κ2) is 7.28. The average Bonchev–Trinajstić information content (AvgIpc) is 3.07. The number of anilines is 1. The molecule has 0 aliphatic carbocycles. The SMILES string of the molecule is O=C1c2oc3ccc(F)cc3c(=O)c2C(c2ccc([N+](=O)[O-])cc2)N1c1cccc(Cl)c1. The predicted octanol–water partition coefficient (Wildman–Crippen LogP) is 5.24. The molecule has 4 aromatic rings. The van der Waals surface area contributed by atoms with E-state index in [0.29, 0.717) is 16.3 Å². The van der Waals surface area contributed by atoms with Gasteiger partial charge >= 0.3 is 0 Å². The van der Waals surface area contributed by atoms with Crippen molar-refractivity contribution in [1.29, 1.82) is 0 Å². The second-order valence-corrected chi connectivity index (χ2v) is 7.66. The fourth-order valence-corrected chi connectivity index (χ4v) is 4.12. The molecular weight excluding hydrogens is 439 g/mol. The molecule has 2 heterocycles. The number of halogens is 2. The minimum absolute atomic E-state index is 0.00333. The predicted molar refractivity (Wildman–Crippen MR) is 116 cm³/mol. The Balaban J connectivity index is 1.80. The van der Waals surface area contributed by atoms with Crippen LogP contribution in [0.4, 0.5) is 15.8 Å². The molecule has 1 atom stereocenters. The fraction of sp³-hybridized carbons (Fsp3) is 0.0435. The van der Waals surface area contributed by atoms with Gasteiger partial charge in [0.05, 0.1) is 21.9 Å². The Hall–Kier alpha value is -4.04. The van der Waals surface area contributed by atoms with Crippen LogP contribution >= 0.6 is 11.6 Å². The number of non-ortho nitro benzene ring substituents is 1. The van der Waals surface area contributed by atoms with Crippen LogP contribution in [-0.4, -0.2) is 10.8 Å². The fourth-order valence-electron chi connectivity index (χ4n) is 3.93. The van der Waals surface area contributed by atoms with Crippen molar-refractivity contribution in [3.05, 3.63) is 115 Å². The van der Waals surface area contributed by atoms with Crippen molar-refractivity contribution in [3.8, 4) is 0 Å². The van der Waals surface area contributed by atoms with Gasteiger partial charge in [0, 0.05) is 22.8 Å². The van der Waals surface area contributed by atoms with Crippen molar-refractivity contribution in [2.24, 2.45) is 0 Å². The van der Waals surface area contributed by atoms with Crippen LogP contribution in [0.2, 0.25) is 5.02 Å². The van der Waals surface area contributed by atoms with Gasteiger partial charge in [-0.15, -0.1) is 0 Å². The van der Waals surface area contributed by atoms with Gasteiger partial charge in [-0.2, -0.15) is 0 Å². The Labute approximate surface area is 184 Å². The topological polar surface area (TPSA) is 93.7 Å². The lowest BCUT2D eigenvalue weighted by molar-refractivity contribution is -0.384. The highest BCUT2D eigenvalue weighted by Crippen LogP contribution is 2.42. The average molecular weight is 451 g/mol. The van der Waals surface area contributed by atoms with E-state index >= 15 is 0 Å². The van der Waals surface area contributed by atoms with E-state index in [9.17, 15) is 24.1 Å². The summed E-state index contributed by atoms with van der Waals surface area (Å²) < 4.78 is 19.6. The van der Waals surface area contributed by atoms with E-state index in [1.165, 1.54) is 35.2 Å². The molecule has 1 aliphatic heterocycles. The molecule has 0 N–H and O–H groups in total. The lowest BCUT2D eigenvalue weighted by Gasteiger charge is -2.25. The van der Waals surface area contributed by atoms with E-state index in [0.717, 1.165) is 12.1 Å². The number of carbonyl (C=O) groups is 1. The summed E-state index contributed by atoms with van der Waals surface area (Å²) in [5.74, 6) is -1.36. The molecule has 1 aliphatic rings. The zero-order valence-corrected chi connectivity index (χ0v) is 16.9. The van der Waals surface area contributed by atoms with Gasteiger partial charge in [0.25, 0.3) is 11.6 Å². The van der Waals surface area contributed by atoms with Gasteiger partial charge in [-0.25, -0.2) is 4.39 Å². The molecule has 158 valence electrons. The standard InChI is InChI=1S/C23H12ClFN2O5/c24-13-2-1-3-16(10-13)26-20(12-4-7-15(8-5-12)27(30)31)19-21(28)17-11-14(25)6-9-18(17)32-22(19)23(26)29/h1-11,20H. The summed E-state index contributed by atoms with van der Waals surface area (Å²) in [6, 6.07) is 14.6. The summed E-state index contributed by atoms with van der Waals surface area (Å²) in [7, 11) is 0. The molecule has 0 radical (unpaired) electrons. The van der Waals surface area contributed by atoms with Crippen LogP contribution in [-0.2, 0) is 0 Å². The van der Waals surface area contributed by atoms with Crippen LogP contribution < -0.4 is 10.3 Å².